The minimum absolute atomic E-state index is 0.00580. The minimum atomic E-state index is -0.496. The Kier molecular flexibility index (Phi) is 7.61. The summed E-state index contributed by atoms with van der Waals surface area (Å²) in [5.41, 5.74) is 1.24. The van der Waals surface area contributed by atoms with Crippen molar-refractivity contribution in [1.29, 1.82) is 0 Å². The largest absolute Gasteiger partial charge is 0.487 e. The molecule has 7 heteroatoms. The van der Waals surface area contributed by atoms with E-state index in [1.807, 2.05) is 13.8 Å². The van der Waals surface area contributed by atoms with Crippen LogP contribution in [0.3, 0.4) is 0 Å². The first-order valence-electron chi connectivity index (χ1n) is 8.63. The van der Waals surface area contributed by atoms with Gasteiger partial charge < -0.3 is 20.1 Å². The van der Waals surface area contributed by atoms with Crippen LogP contribution in [-0.4, -0.2) is 31.3 Å². The van der Waals surface area contributed by atoms with Gasteiger partial charge in [-0.3, -0.25) is 0 Å². The van der Waals surface area contributed by atoms with Crippen LogP contribution < -0.4 is 15.4 Å². The monoisotopic (exact) mass is 374 g/mol. The number of rotatable bonds is 8. The van der Waals surface area contributed by atoms with Crippen LogP contribution in [0.25, 0.3) is 0 Å². The third kappa shape index (κ3) is 6.97. The van der Waals surface area contributed by atoms with Gasteiger partial charge in [-0.05, 0) is 43.7 Å². The molecule has 0 saturated carbocycles. The van der Waals surface area contributed by atoms with Crippen molar-refractivity contribution in [3.8, 4) is 5.75 Å². The van der Waals surface area contributed by atoms with Crippen molar-refractivity contribution in [1.82, 2.24) is 10.6 Å². The lowest BCUT2D eigenvalue weighted by Gasteiger charge is -2.10. The summed E-state index contributed by atoms with van der Waals surface area (Å²) in [7, 11) is 0. The van der Waals surface area contributed by atoms with Crippen molar-refractivity contribution >= 4 is 12.0 Å². The first kappa shape index (κ1) is 20.2. The number of carbonyl (C=O) groups excluding carboxylic acids is 2. The Balaban J connectivity index is 1.73. The van der Waals surface area contributed by atoms with Gasteiger partial charge in [0.05, 0.1) is 5.56 Å². The third-order valence-electron chi connectivity index (χ3n) is 3.47. The fraction of sp³-hybridized carbons (Fsp3) is 0.300. The molecule has 0 radical (unpaired) electrons. The number of esters is 1. The maximum Gasteiger partial charge on any atom is 0.338 e. The Bertz CT molecular complexity index is 763. The molecule has 0 aliphatic rings. The normalized spacial score (nSPS) is 10.4. The summed E-state index contributed by atoms with van der Waals surface area (Å²) in [4.78, 5) is 23.5. The Morgan fingerprint density at radius 2 is 1.74 bits per heavy atom. The molecule has 2 N–H and O–H groups in total. The number of nitrogens with one attached hydrogen (secondary N) is 2. The number of halogens is 1. The van der Waals surface area contributed by atoms with Gasteiger partial charge in [-0.1, -0.05) is 24.3 Å². The highest BCUT2D eigenvalue weighted by atomic mass is 19.1. The molecule has 6 nitrogen and oxygen atoms in total. The Morgan fingerprint density at radius 3 is 2.41 bits per heavy atom. The predicted octanol–water partition coefficient (Wildman–Crippen LogP) is 3.27. The van der Waals surface area contributed by atoms with Crippen LogP contribution in [0.5, 0.6) is 5.75 Å². The Hall–Kier alpha value is -3.09. The highest BCUT2D eigenvalue weighted by Gasteiger charge is 2.08. The molecule has 0 aromatic heterocycles. The first-order chi connectivity index (χ1) is 13.0. The molecule has 2 aromatic carbocycles. The van der Waals surface area contributed by atoms with E-state index in [-0.39, 0.29) is 31.0 Å². The summed E-state index contributed by atoms with van der Waals surface area (Å²) in [6.07, 6.45) is 0. The molecular weight excluding hydrogens is 351 g/mol. The molecular formula is C20H23FN2O4. The first-order valence-corrected chi connectivity index (χ1v) is 8.63. The maximum atomic E-state index is 13.4. The van der Waals surface area contributed by atoms with Gasteiger partial charge in [-0.2, -0.15) is 0 Å². The molecule has 0 atom stereocenters. The molecule has 0 saturated heterocycles. The second kappa shape index (κ2) is 10.2. The summed E-state index contributed by atoms with van der Waals surface area (Å²) in [5.74, 6) is -0.841. The van der Waals surface area contributed by atoms with Crippen molar-refractivity contribution in [2.75, 3.05) is 13.2 Å². The lowest BCUT2D eigenvalue weighted by molar-refractivity contribution is 0.0448. The van der Waals surface area contributed by atoms with Crippen LogP contribution in [0.15, 0.2) is 48.5 Å². The zero-order valence-corrected chi connectivity index (χ0v) is 15.3. The van der Waals surface area contributed by atoms with Gasteiger partial charge in [-0.15, -0.1) is 0 Å². The lowest BCUT2D eigenvalue weighted by Crippen LogP contribution is -2.39. The number of hydrogen-bond acceptors (Lipinski definition) is 4. The number of benzene rings is 2. The second-order valence-corrected chi connectivity index (χ2v) is 6.09. The molecule has 2 amide bonds. The van der Waals surface area contributed by atoms with Gasteiger partial charge in [0.15, 0.2) is 11.6 Å². The standard InChI is InChI=1S/C20H23FN2O4/c1-14(2)23-20(25)22-13-15-7-9-16(10-8-15)19(24)27-12-11-26-18-6-4-3-5-17(18)21/h3-10,14H,11-13H2,1-2H3,(H2,22,23,25). The Morgan fingerprint density at radius 1 is 1.04 bits per heavy atom. The van der Waals surface area contributed by atoms with E-state index in [0.717, 1.165) is 5.56 Å². The van der Waals surface area contributed by atoms with Crippen molar-refractivity contribution in [3.63, 3.8) is 0 Å². The number of para-hydroxylation sites is 1. The smallest absolute Gasteiger partial charge is 0.338 e. The van der Waals surface area contributed by atoms with Gasteiger partial charge in [0, 0.05) is 12.6 Å². The van der Waals surface area contributed by atoms with Gasteiger partial charge in [0.1, 0.15) is 13.2 Å². The third-order valence-corrected chi connectivity index (χ3v) is 3.47. The summed E-state index contributed by atoms with van der Waals surface area (Å²) < 4.78 is 23.7. The molecule has 0 bridgehead atoms. The number of ether oxygens (including phenoxy) is 2. The molecule has 0 spiro atoms. The second-order valence-electron chi connectivity index (χ2n) is 6.09. The van der Waals surface area contributed by atoms with Crippen LogP contribution in [0.4, 0.5) is 9.18 Å². The summed E-state index contributed by atoms with van der Waals surface area (Å²) in [5, 5.41) is 5.45. The van der Waals surface area contributed by atoms with Crippen molar-refractivity contribution < 1.29 is 23.5 Å². The van der Waals surface area contributed by atoms with Crippen molar-refractivity contribution in [2.45, 2.75) is 26.4 Å². The highest BCUT2D eigenvalue weighted by molar-refractivity contribution is 5.89. The van der Waals surface area contributed by atoms with E-state index in [1.54, 1.807) is 36.4 Å². The molecule has 2 aromatic rings. The van der Waals surface area contributed by atoms with Crippen LogP contribution >= 0.6 is 0 Å². The fourth-order valence-corrected chi connectivity index (χ4v) is 2.19. The van der Waals surface area contributed by atoms with Crippen LogP contribution in [-0.2, 0) is 11.3 Å². The van der Waals surface area contributed by atoms with Gasteiger partial charge in [0.2, 0.25) is 0 Å². The number of urea groups is 1. The van der Waals surface area contributed by atoms with E-state index in [2.05, 4.69) is 10.6 Å². The van der Waals surface area contributed by atoms with E-state index in [4.69, 9.17) is 9.47 Å². The van der Waals surface area contributed by atoms with Gasteiger partial charge in [-0.25, -0.2) is 14.0 Å². The van der Waals surface area contributed by atoms with E-state index in [9.17, 15) is 14.0 Å². The van der Waals surface area contributed by atoms with Gasteiger partial charge >= 0.3 is 12.0 Å². The molecule has 0 aliphatic carbocycles. The summed E-state index contributed by atoms with van der Waals surface area (Å²) in [6.45, 7) is 4.17. The zero-order valence-electron chi connectivity index (χ0n) is 15.3. The number of amides is 2. The molecule has 27 heavy (non-hydrogen) atoms. The van der Waals surface area contributed by atoms with E-state index < -0.39 is 11.8 Å². The van der Waals surface area contributed by atoms with Crippen LogP contribution in [0, 0.1) is 5.82 Å². The highest BCUT2D eigenvalue weighted by Crippen LogP contribution is 2.15. The minimum Gasteiger partial charge on any atom is -0.487 e. The summed E-state index contributed by atoms with van der Waals surface area (Å²) in [6, 6.07) is 12.6. The lowest BCUT2D eigenvalue weighted by atomic mass is 10.1. The van der Waals surface area contributed by atoms with E-state index >= 15 is 0 Å². The molecule has 0 fully saturated rings. The average molecular weight is 374 g/mol. The average Bonchev–Trinajstić information content (AvgIpc) is 2.64. The summed E-state index contributed by atoms with van der Waals surface area (Å²) >= 11 is 0. The van der Waals surface area contributed by atoms with Crippen molar-refractivity contribution in [2.24, 2.45) is 0 Å². The zero-order chi connectivity index (χ0) is 19.6. The predicted molar refractivity (Wildman–Crippen MR) is 99.1 cm³/mol. The SMILES string of the molecule is CC(C)NC(=O)NCc1ccc(C(=O)OCCOc2ccccc2F)cc1. The Labute approximate surface area is 157 Å². The van der Waals surface area contributed by atoms with Crippen LogP contribution in [0.2, 0.25) is 0 Å². The quantitative estimate of drug-likeness (QED) is 0.549. The van der Waals surface area contributed by atoms with E-state index in [0.29, 0.717) is 12.1 Å². The molecule has 144 valence electrons. The van der Waals surface area contributed by atoms with E-state index in [1.165, 1.54) is 12.1 Å². The molecule has 0 heterocycles. The molecule has 0 aliphatic heterocycles. The topological polar surface area (TPSA) is 76.7 Å². The number of carbonyl (C=O) groups is 2. The van der Waals surface area contributed by atoms with Gasteiger partial charge in [0.25, 0.3) is 0 Å². The molecule has 2 rings (SSSR count). The van der Waals surface area contributed by atoms with Crippen LogP contribution in [0.1, 0.15) is 29.8 Å². The molecule has 0 unspecified atom stereocenters. The number of hydrogen-bond donors (Lipinski definition) is 2. The maximum absolute atomic E-state index is 13.4. The van der Waals surface area contributed by atoms with Crippen molar-refractivity contribution in [3.05, 3.63) is 65.5 Å². The fourth-order valence-electron chi connectivity index (χ4n) is 2.19.